The van der Waals surface area contributed by atoms with Crippen molar-refractivity contribution in [3.05, 3.63) is 58.0 Å². The van der Waals surface area contributed by atoms with Gasteiger partial charge < -0.3 is 34.1 Å². The standard InChI is InChI=1S/C29H25F7N6O8/c1-14-11-16(12-15(2)21(14)47-10-7-41-5-8-46-9-6-41)38-26-37-13-17(30)23(40-26)39-18-3-4-19-20(22(18)49-24(43)28(31,32)33)42(27(45)48-19)50-25(44)29(34,35)36/h3-4,11-13H,5-10H2,1-2H3,(H2,37,38,39,40). The number of ether oxygens (including phenoxy) is 3. The predicted molar refractivity (Wildman–Crippen MR) is 157 cm³/mol. The largest absolute Gasteiger partial charge is 0.493 e. The number of hydrogen-bond acceptors (Lipinski definition) is 13. The lowest BCUT2D eigenvalue weighted by Gasteiger charge is -2.26. The van der Waals surface area contributed by atoms with Gasteiger partial charge in [0.15, 0.2) is 28.5 Å². The summed E-state index contributed by atoms with van der Waals surface area (Å²) in [5.74, 6) is -10.5. The van der Waals surface area contributed by atoms with Gasteiger partial charge in [-0.15, -0.1) is 0 Å². The van der Waals surface area contributed by atoms with Crippen LogP contribution in [-0.4, -0.2) is 83.3 Å². The molecule has 2 aromatic heterocycles. The summed E-state index contributed by atoms with van der Waals surface area (Å²) in [6.45, 7) is 7.62. The number of anilines is 4. The van der Waals surface area contributed by atoms with Crippen LogP contribution in [0.15, 0.2) is 39.7 Å². The van der Waals surface area contributed by atoms with Crippen molar-refractivity contribution in [3.63, 3.8) is 0 Å². The number of halogens is 7. The minimum absolute atomic E-state index is 0.233. The van der Waals surface area contributed by atoms with Crippen LogP contribution in [0.1, 0.15) is 11.1 Å². The van der Waals surface area contributed by atoms with E-state index in [-0.39, 0.29) is 5.95 Å². The Labute approximate surface area is 275 Å². The molecule has 3 heterocycles. The van der Waals surface area contributed by atoms with Crippen molar-refractivity contribution in [2.45, 2.75) is 26.2 Å². The average Bonchev–Trinajstić information content (AvgIpc) is 3.35. The van der Waals surface area contributed by atoms with E-state index < -0.39 is 68.9 Å². The molecule has 0 atom stereocenters. The molecule has 0 radical (unpaired) electrons. The Hall–Kier alpha value is -5.44. The Balaban J connectivity index is 1.43. The van der Waals surface area contributed by atoms with Crippen LogP contribution in [0.25, 0.3) is 11.1 Å². The Morgan fingerprint density at radius 1 is 0.960 bits per heavy atom. The molecular formula is C29H25F7N6O8. The van der Waals surface area contributed by atoms with E-state index >= 15 is 0 Å². The van der Waals surface area contributed by atoms with E-state index in [0.717, 1.165) is 36.3 Å². The van der Waals surface area contributed by atoms with Gasteiger partial charge in [-0.1, -0.05) is 4.73 Å². The summed E-state index contributed by atoms with van der Waals surface area (Å²) in [6, 6.07) is 5.05. The highest BCUT2D eigenvalue weighted by Gasteiger charge is 2.44. The fourth-order valence-electron chi connectivity index (χ4n) is 4.75. The van der Waals surface area contributed by atoms with Gasteiger partial charge in [0.25, 0.3) is 0 Å². The molecule has 1 saturated heterocycles. The van der Waals surface area contributed by atoms with Crippen LogP contribution in [0, 0.1) is 19.7 Å². The molecule has 5 rings (SSSR count). The zero-order valence-electron chi connectivity index (χ0n) is 25.8. The number of nitrogens with one attached hydrogen (secondary N) is 2. The number of esters is 1. The van der Waals surface area contributed by atoms with Crippen molar-refractivity contribution in [1.29, 1.82) is 0 Å². The van der Waals surface area contributed by atoms with Gasteiger partial charge in [0.05, 0.1) is 25.1 Å². The van der Waals surface area contributed by atoms with Crippen LogP contribution in [0.3, 0.4) is 0 Å². The third-order valence-corrected chi connectivity index (χ3v) is 6.96. The van der Waals surface area contributed by atoms with E-state index in [2.05, 4.69) is 39.5 Å². The van der Waals surface area contributed by atoms with E-state index in [0.29, 0.717) is 44.0 Å². The van der Waals surface area contributed by atoms with Gasteiger partial charge in [-0.25, -0.2) is 23.8 Å². The van der Waals surface area contributed by atoms with Crippen LogP contribution in [0.5, 0.6) is 11.5 Å². The topological polar surface area (TPSA) is 159 Å². The molecule has 1 aliphatic heterocycles. The van der Waals surface area contributed by atoms with E-state index in [1.165, 1.54) is 0 Å². The summed E-state index contributed by atoms with van der Waals surface area (Å²) in [4.78, 5) is 49.5. The average molecular weight is 719 g/mol. The summed E-state index contributed by atoms with van der Waals surface area (Å²) in [6.07, 6.45) is -10.6. The van der Waals surface area contributed by atoms with E-state index in [9.17, 15) is 45.1 Å². The van der Waals surface area contributed by atoms with Gasteiger partial charge in [-0.2, -0.15) is 31.3 Å². The number of aryl methyl sites for hydroxylation is 2. The van der Waals surface area contributed by atoms with Crippen molar-refractivity contribution in [1.82, 2.24) is 19.6 Å². The molecule has 268 valence electrons. The number of carbonyl (C=O) groups is 2. The maximum absolute atomic E-state index is 14.9. The number of alkyl halides is 6. The lowest BCUT2D eigenvalue weighted by Crippen LogP contribution is -2.38. The highest BCUT2D eigenvalue weighted by Crippen LogP contribution is 2.37. The Kier molecular flexibility index (Phi) is 10.2. The normalized spacial score (nSPS) is 14.0. The second-order valence-electron chi connectivity index (χ2n) is 10.6. The first-order chi connectivity index (χ1) is 23.5. The number of nitrogens with zero attached hydrogens (tertiary/aromatic N) is 4. The molecule has 0 amide bonds. The summed E-state index contributed by atoms with van der Waals surface area (Å²) < 4.78 is 113. The van der Waals surface area contributed by atoms with Gasteiger partial charge in [-0.05, 0) is 49.2 Å². The maximum atomic E-state index is 14.9. The van der Waals surface area contributed by atoms with E-state index in [1.807, 2.05) is 0 Å². The molecular weight excluding hydrogens is 693 g/mol. The zero-order valence-corrected chi connectivity index (χ0v) is 25.8. The van der Waals surface area contributed by atoms with Crippen molar-refractivity contribution < 1.29 is 63.8 Å². The molecule has 1 aliphatic rings. The van der Waals surface area contributed by atoms with Gasteiger partial charge in [0.2, 0.25) is 5.95 Å². The van der Waals surface area contributed by atoms with Crippen LogP contribution in [0.2, 0.25) is 0 Å². The zero-order chi connectivity index (χ0) is 36.4. The molecule has 0 unspecified atom stereocenters. The van der Waals surface area contributed by atoms with Crippen LogP contribution < -0.4 is 30.7 Å². The number of rotatable bonds is 10. The molecule has 50 heavy (non-hydrogen) atoms. The van der Waals surface area contributed by atoms with Crippen LogP contribution >= 0.6 is 0 Å². The third kappa shape index (κ3) is 8.22. The predicted octanol–water partition coefficient (Wildman–Crippen LogP) is 4.32. The second kappa shape index (κ2) is 14.2. The lowest BCUT2D eigenvalue weighted by atomic mass is 10.1. The Morgan fingerprint density at radius 2 is 1.62 bits per heavy atom. The number of oxazole rings is 1. The summed E-state index contributed by atoms with van der Waals surface area (Å²) in [5, 5.41) is 5.11. The number of aromatic nitrogens is 3. The molecule has 0 aliphatic carbocycles. The van der Waals surface area contributed by atoms with Crippen molar-refractivity contribution >= 4 is 46.2 Å². The summed E-state index contributed by atoms with van der Waals surface area (Å²) in [5.41, 5.74) is -0.769. The molecule has 0 spiro atoms. The first kappa shape index (κ1) is 35.9. The molecule has 2 aromatic carbocycles. The highest BCUT2D eigenvalue weighted by atomic mass is 19.4. The molecule has 14 nitrogen and oxygen atoms in total. The van der Waals surface area contributed by atoms with Crippen LogP contribution in [0.4, 0.5) is 53.9 Å². The van der Waals surface area contributed by atoms with Gasteiger partial charge in [-0.3, -0.25) is 4.90 Å². The fraction of sp³-hybridized carbons (Fsp3) is 0.345. The van der Waals surface area contributed by atoms with Crippen molar-refractivity contribution in [2.24, 2.45) is 0 Å². The first-order valence-electron chi connectivity index (χ1n) is 14.4. The number of fused-ring (bicyclic) bond motifs is 1. The molecule has 0 bridgehead atoms. The van der Waals surface area contributed by atoms with E-state index in [1.54, 1.807) is 26.0 Å². The molecule has 4 aromatic rings. The number of carbonyl (C=O) groups excluding carboxylic acids is 2. The lowest BCUT2D eigenvalue weighted by molar-refractivity contribution is -0.200. The van der Waals surface area contributed by atoms with Crippen LogP contribution in [-0.2, 0) is 14.3 Å². The maximum Gasteiger partial charge on any atom is 0.493 e. The monoisotopic (exact) mass is 718 g/mol. The molecule has 21 heteroatoms. The highest BCUT2D eigenvalue weighted by molar-refractivity contribution is 5.92. The number of morpholine rings is 1. The Morgan fingerprint density at radius 3 is 2.26 bits per heavy atom. The SMILES string of the molecule is Cc1cc(Nc2ncc(F)c(Nc3ccc4oc(=O)n(OC(=O)C(F)(F)F)c4c3OC(=O)C(F)(F)F)n2)cc(C)c1OCCN1CCOCC1. The minimum atomic E-state index is -5.66. The fourth-order valence-corrected chi connectivity index (χ4v) is 4.75. The smallest absolute Gasteiger partial charge is 0.492 e. The number of hydrogen-bond donors (Lipinski definition) is 2. The number of benzene rings is 2. The minimum Gasteiger partial charge on any atom is -0.492 e. The third-order valence-electron chi connectivity index (χ3n) is 6.96. The van der Waals surface area contributed by atoms with Gasteiger partial charge in [0.1, 0.15) is 12.4 Å². The van der Waals surface area contributed by atoms with Gasteiger partial charge in [0, 0.05) is 25.3 Å². The molecule has 1 fully saturated rings. The molecule has 0 saturated carbocycles. The quantitative estimate of drug-likeness (QED) is 0.136. The van der Waals surface area contributed by atoms with Gasteiger partial charge >= 0.3 is 30.0 Å². The summed E-state index contributed by atoms with van der Waals surface area (Å²) >= 11 is 0. The van der Waals surface area contributed by atoms with E-state index in [4.69, 9.17) is 9.47 Å². The molecule has 2 N–H and O–H groups in total. The van der Waals surface area contributed by atoms with Crippen molar-refractivity contribution in [3.8, 4) is 11.5 Å². The van der Waals surface area contributed by atoms with Crippen molar-refractivity contribution in [2.75, 3.05) is 50.1 Å². The summed E-state index contributed by atoms with van der Waals surface area (Å²) in [7, 11) is 0. The first-order valence-corrected chi connectivity index (χ1v) is 14.4. The Bertz CT molecular complexity index is 1950. The second-order valence-corrected chi connectivity index (χ2v) is 10.6.